The fourth-order valence-electron chi connectivity index (χ4n) is 2.24. The van der Waals surface area contributed by atoms with Crippen LogP contribution in [-0.2, 0) is 9.59 Å². The highest BCUT2D eigenvalue weighted by atomic mass is 19.1. The Kier molecular flexibility index (Phi) is 4.01. The van der Waals surface area contributed by atoms with Crippen molar-refractivity contribution in [2.75, 3.05) is 0 Å². The predicted molar refractivity (Wildman–Crippen MR) is 67.1 cm³/mol. The summed E-state index contributed by atoms with van der Waals surface area (Å²) in [6, 6.07) is 2.20. The van der Waals surface area contributed by atoms with Crippen LogP contribution in [0.25, 0.3) is 0 Å². The second-order valence-electron chi connectivity index (χ2n) is 4.92. The number of carboxylic acid groups (broad SMARTS) is 1. The van der Waals surface area contributed by atoms with E-state index < -0.39 is 35.5 Å². The van der Waals surface area contributed by atoms with Crippen molar-refractivity contribution in [2.45, 2.75) is 31.7 Å². The summed E-state index contributed by atoms with van der Waals surface area (Å²) in [6.45, 7) is 1.65. The number of amides is 1. The summed E-state index contributed by atoms with van der Waals surface area (Å²) in [5.74, 6) is -3.49. The monoisotopic (exact) mass is 283 g/mol. The van der Waals surface area contributed by atoms with Crippen molar-refractivity contribution in [2.24, 2.45) is 5.92 Å². The molecule has 0 saturated heterocycles. The van der Waals surface area contributed by atoms with Gasteiger partial charge in [-0.1, -0.05) is 6.92 Å². The molecule has 0 spiro atoms. The van der Waals surface area contributed by atoms with Crippen LogP contribution in [0.1, 0.15) is 31.2 Å². The first-order valence-electron chi connectivity index (χ1n) is 6.42. The van der Waals surface area contributed by atoms with Gasteiger partial charge < -0.3 is 10.4 Å². The number of benzene rings is 1. The number of carbonyl (C=O) groups excluding carboxylic acids is 1. The maximum atomic E-state index is 13.6. The molecule has 2 rings (SSSR count). The molecule has 1 aromatic carbocycles. The first-order valence-corrected chi connectivity index (χ1v) is 6.42. The molecule has 0 radical (unpaired) electrons. The number of halogens is 2. The van der Waals surface area contributed by atoms with Crippen LogP contribution in [0, 0.1) is 17.6 Å². The van der Waals surface area contributed by atoms with Gasteiger partial charge in [-0.05, 0) is 42.5 Å². The number of rotatable bonds is 5. The van der Waals surface area contributed by atoms with E-state index in [0.29, 0.717) is 6.42 Å². The topological polar surface area (TPSA) is 66.4 Å². The van der Waals surface area contributed by atoms with Crippen molar-refractivity contribution in [3.8, 4) is 0 Å². The zero-order valence-electron chi connectivity index (χ0n) is 10.9. The fraction of sp³-hybridized carbons (Fsp3) is 0.429. The van der Waals surface area contributed by atoms with Gasteiger partial charge in [0.2, 0.25) is 5.91 Å². The summed E-state index contributed by atoms with van der Waals surface area (Å²) < 4.78 is 26.7. The Labute approximate surface area is 114 Å². The summed E-state index contributed by atoms with van der Waals surface area (Å²) in [5.41, 5.74) is 0.175. The number of carboxylic acids is 1. The Bertz CT molecular complexity index is 547. The van der Waals surface area contributed by atoms with Gasteiger partial charge in [-0.15, -0.1) is 0 Å². The molecule has 108 valence electrons. The number of hydrogen-bond donors (Lipinski definition) is 2. The summed E-state index contributed by atoms with van der Waals surface area (Å²) in [4.78, 5) is 22.7. The van der Waals surface area contributed by atoms with Crippen molar-refractivity contribution < 1.29 is 23.5 Å². The molecule has 1 aromatic rings. The highest BCUT2D eigenvalue weighted by Crippen LogP contribution is 2.48. The second kappa shape index (κ2) is 5.56. The van der Waals surface area contributed by atoms with Gasteiger partial charge in [-0.3, -0.25) is 4.79 Å². The van der Waals surface area contributed by atoms with E-state index in [1.807, 2.05) is 0 Å². The molecule has 1 fully saturated rings. The maximum absolute atomic E-state index is 13.6. The van der Waals surface area contributed by atoms with Crippen molar-refractivity contribution in [1.82, 2.24) is 5.32 Å². The molecule has 0 aliphatic heterocycles. The lowest BCUT2D eigenvalue weighted by Gasteiger charge is -2.12. The Balaban J connectivity index is 2.02. The molecule has 4 nitrogen and oxygen atoms in total. The van der Waals surface area contributed by atoms with Crippen LogP contribution >= 0.6 is 0 Å². The lowest BCUT2D eigenvalue weighted by molar-refractivity contribution is -0.142. The zero-order valence-corrected chi connectivity index (χ0v) is 10.9. The quantitative estimate of drug-likeness (QED) is 0.869. The van der Waals surface area contributed by atoms with Crippen LogP contribution in [-0.4, -0.2) is 23.0 Å². The molecule has 1 aliphatic carbocycles. The van der Waals surface area contributed by atoms with E-state index >= 15 is 0 Å². The van der Waals surface area contributed by atoms with Crippen LogP contribution in [0.2, 0.25) is 0 Å². The third-order valence-electron chi connectivity index (χ3n) is 3.51. The molecule has 3 unspecified atom stereocenters. The van der Waals surface area contributed by atoms with E-state index in [4.69, 9.17) is 5.11 Å². The van der Waals surface area contributed by atoms with Gasteiger partial charge in [0.05, 0.1) is 0 Å². The molecule has 0 heterocycles. The van der Waals surface area contributed by atoms with Gasteiger partial charge in [-0.2, -0.15) is 0 Å². The van der Waals surface area contributed by atoms with Gasteiger partial charge in [0, 0.05) is 5.92 Å². The van der Waals surface area contributed by atoms with Crippen LogP contribution in [0.3, 0.4) is 0 Å². The highest BCUT2D eigenvalue weighted by Gasteiger charge is 2.46. The van der Waals surface area contributed by atoms with Crippen LogP contribution in [0.15, 0.2) is 18.2 Å². The van der Waals surface area contributed by atoms with Gasteiger partial charge >= 0.3 is 5.97 Å². The highest BCUT2D eigenvalue weighted by molar-refractivity contribution is 5.87. The Morgan fingerprint density at radius 3 is 2.75 bits per heavy atom. The molecule has 0 aromatic heterocycles. The van der Waals surface area contributed by atoms with Crippen molar-refractivity contribution in [1.29, 1.82) is 0 Å². The summed E-state index contributed by atoms with van der Waals surface area (Å²) in [5, 5.41) is 11.3. The minimum Gasteiger partial charge on any atom is -0.480 e. The molecule has 6 heteroatoms. The van der Waals surface area contributed by atoms with Crippen LogP contribution in [0.5, 0.6) is 0 Å². The van der Waals surface area contributed by atoms with Crippen LogP contribution in [0.4, 0.5) is 8.78 Å². The van der Waals surface area contributed by atoms with Gasteiger partial charge in [0.25, 0.3) is 0 Å². The summed E-state index contributed by atoms with van der Waals surface area (Å²) >= 11 is 0. The third kappa shape index (κ3) is 2.95. The molecular formula is C14H15F2NO3. The van der Waals surface area contributed by atoms with Crippen molar-refractivity contribution >= 4 is 11.9 Å². The maximum Gasteiger partial charge on any atom is 0.326 e. The Morgan fingerprint density at radius 1 is 1.45 bits per heavy atom. The predicted octanol–water partition coefficient (Wildman–Crippen LogP) is 2.05. The molecule has 2 N–H and O–H groups in total. The molecule has 1 saturated carbocycles. The molecule has 1 amide bonds. The largest absolute Gasteiger partial charge is 0.480 e. The molecular weight excluding hydrogens is 268 g/mol. The Morgan fingerprint density at radius 2 is 2.15 bits per heavy atom. The lowest BCUT2D eigenvalue weighted by Crippen LogP contribution is -2.41. The standard InChI is InChI=1S/C14H15F2NO3/c1-2-12(14(19)20)17-13(18)10-6-8(10)9-5-7(15)3-4-11(9)16/h3-5,8,10,12H,2,6H2,1H3,(H,17,18)(H,19,20). The second-order valence-corrected chi connectivity index (χ2v) is 4.92. The van der Waals surface area contributed by atoms with Gasteiger partial charge in [-0.25, -0.2) is 13.6 Å². The number of aliphatic carboxylic acids is 1. The normalized spacial score (nSPS) is 22.1. The van der Waals surface area contributed by atoms with E-state index in [1.165, 1.54) is 0 Å². The van der Waals surface area contributed by atoms with E-state index in [0.717, 1.165) is 18.2 Å². The average Bonchev–Trinajstić information content (AvgIpc) is 3.18. The summed E-state index contributed by atoms with van der Waals surface area (Å²) in [6.07, 6.45) is 0.676. The first-order chi connectivity index (χ1) is 9.43. The minimum absolute atomic E-state index is 0.175. The van der Waals surface area contributed by atoms with Crippen molar-refractivity contribution in [3.63, 3.8) is 0 Å². The molecule has 0 bridgehead atoms. The first kappa shape index (κ1) is 14.4. The van der Waals surface area contributed by atoms with Crippen LogP contribution < -0.4 is 5.32 Å². The molecule has 1 aliphatic rings. The van der Waals surface area contributed by atoms with Crippen molar-refractivity contribution in [3.05, 3.63) is 35.4 Å². The minimum atomic E-state index is -1.10. The van der Waals surface area contributed by atoms with E-state index in [2.05, 4.69) is 5.32 Å². The molecule has 3 atom stereocenters. The zero-order chi connectivity index (χ0) is 14.9. The van der Waals surface area contributed by atoms with Gasteiger partial charge in [0.1, 0.15) is 17.7 Å². The number of carbonyl (C=O) groups is 2. The Hall–Kier alpha value is -1.98. The molecule has 20 heavy (non-hydrogen) atoms. The summed E-state index contributed by atoms with van der Waals surface area (Å²) in [7, 11) is 0. The number of hydrogen-bond acceptors (Lipinski definition) is 2. The smallest absolute Gasteiger partial charge is 0.326 e. The average molecular weight is 283 g/mol. The SMILES string of the molecule is CCC(NC(=O)C1CC1c1cc(F)ccc1F)C(=O)O. The van der Waals surface area contributed by atoms with Gasteiger partial charge in [0.15, 0.2) is 0 Å². The third-order valence-corrected chi connectivity index (χ3v) is 3.51. The van der Waals surface area contributed by atoms with E-state index in [-0.39, 0.29) is 17.9 Å². The lowest BCUT2D eigenvalue weighted by atomic mass is 10.1. The number of nitrogens with one attached hydrogen (secondary N) is 1. The van der Waals surface area contributed by atoms with E-state index in [9.17, 15) is 18.4 Å². The fourth-order valence-corrected chi connectivity index (χ4v) is 2.24. The van der Waals surface area contributed by atoms with E-state index in [1.54, 1.807) is 6.92 Å².